The Labute approximate surface area is 68.4 Å². The second-order valence-corrected chi connectivity index (χ2v) is 2.12. The lowest BCUT2D eigenvalue weighted by Crippen LogP contribution is -2.04. The minimum Gasteiger partial charge on any atom is -0.485 e. The van der Waals surface area contributed by atoms with Crippen LogP contribution in [0.2, 0.25) is 0 Å². The highest BCUT2D eigenvalue weighted by Crippen LogP contribution is 2.20. The van der Waals surface area contributed by atoms with Gasteiger partial charge in [-0.15, -0.1) is 0 Å². The molecule has 0 saturated carbocycles. The van der Waals surface area contributed by atoms with Crippen molar-refractivity contribution in [2.24, 2.45) is 0 Å². The summed E-state index contributed by atoms with van der Waals surface area (Å²) >= 11 is 0. The molecule has 0 spiro atoms. The molecule has 0 saturated heterocycles. The topological polar surface area (TPSA) is 29.5 Å². The summed E-state index contributed by atoms with van der Waals surface area (Å²) in [7, 11) is 0. The lowest BCUT2D eigenvalue weighted by atomic mass is 10.3. The second-order valence-electron chi connectivity index (χ2n) is 2.12. The van der Waals surface area contributed by atoms with E-state index in [1.807, 2.05) is 0 Å². The number of para-hydroxylation sites is 1. The lowest BCUT2D eigenvalue weighted by molar-refractivity contribution is 0.191. The Kier molecular flexibility index (Phi) is 2.99. The largest absolute Gasteiger partial charge is 0.485 e. The van der Waals surface area contributed by atoms with E-state index in [1.54, 1.807) is 0 Å². The van der Waals surface area contributed by atoms with Crippen LogP contribution in [0.3, 0.4) is 0 Å². The van der Waals surface area contributed by atoms with Gasteiger partial charge in [0.1, 0.15) is 6.61 Å². The summed E-state index contributed by atoms with van der Waals surface area (Å²) in [6.45, 7) is -0.383. The molecule has 0 unspecified atom stereocenters. The molecular formula is C8H8F2O2. The molecule has 0 radical (unpaired) electrons. The average molecular weight is 174 g/mol. The highest BCUT2D eigenvalue weighted by Gasteiger charge is 2.08. The standard InChI is InChI=1S/C8H8F2O2/c9-6-2-1-3-7(10)8(6)12-5-4-11/h1-3,11H,4-5H2. The minimum absolute atomic E-state index is 0.113. The van der Waals surface area contributed by atoms with Crippen molar-refractivity contribution in [3.63, 3.8) is 0 Å². The van der Waals surface area contributed by atoms with Crippen LogP contribution in [0.25, 0.3) is 0 Å². The molecule has 0 aliphatic heterocycles. The van der Waals surface area contributed by atoms with Crippen LogP contribution in [0.1, 0.15) is 0 Å². The molecule has 0 aliphatic carbocycles. The molecule has 0 fully saturated rings. The van der Waals surface area contributed by atoms with Crippen LogP contribution >= 0.6 is 0 Å². The van der Waals surface area contributed by atoms with Gasteiger partial charge in [-0.3, -0.25) is 0 Å². The van der Waals surface area contributed by atoms with E-state index in [-0.39, 0.29) is 13.2 Å². The van der Waals surface area contributed by atoms with Crippen molar-refractivity contribution < 1.29 is 18.6 Å². The summed E-state index contributed by atoms with van der Waals surface area (Å²) in [6.07, 6.45) is 0. The Hall–Kier alpha value is -1.16. The fourth-order valence-electron chi connectivity index (χ4n) is 0.768. The molecular weight excluding hydrogens is 166 g/mol. The third-order valence-corrected chi connectivity index (χ3v) is 1.26. The van der Waals surface area contributed by atoms with Crippen molar-refractivity contribution in [2.45, 2.75) is 0 Å². The molecule has 0 aromatic heterocycles. The molecule has 12 heavy (non-hydrogen) atoms. The Morgan fingerprint density at radius 1 is 1.25 bits per heavy atom. The molecule has 0 amide bonds. The molecule has 0 bridgehead atoms. The molecule has 2 nitrogen and oxygen atoms in total. The first-order valence-electron chi connectivity index (χ1n) is 3.43. The first-order chi connectivity index (χ1) is 5.75. The van der Waals surface area contributed by atoms with Crippen LogP contribution in [0.15, 0.2) is 18.2 Å². The summed E-state index contributed by atoms with van der Waals surface area (Å²) in [5.41, 5.74) is 0. The van der Waals surface area contributed by atoms with Crippen molar-refractivity contribution >= 4 is 0 Å². The van der Waals surface area contributed by atoms with Gasteiger partial charge in [-0.1, -0.05) is 6.07 Å². The van der Waals surface area contributed by atoms with Crippen LogP contribution in [0.4, 0.5) is 8.78 Å². The average Bonchev–Trinajstić information content (AvgIpc) is 2.04. The monoisotopic (exact) mass is 174 g/mol. The predicted octanol–water partition coefficient (Wildman–Crippen LogP) is 1.34. The van der Waals surface area contributed by atoms with E-state index in [2.05, 4.69) is 4.74 Å². The summed E-state index contributed by atoms with van der Waals surface area (Å²) in [4.78, 5) is 0. The molecule has 1 aromatic rings. The van der Waals surface area contributed by atoms with Crippen molar-refractivity contribution in [1.29, 1.82) is 0 Å². The lowest BCUT2D eigenvalue weighted by Gasteiger charge is -2.05. The highest BCUT2D eigenvalue weighted by molar-refractivity contribution is 5.25. The van der Waals surface area contributed by atoms with Gasteiger partial charge in [-0.05, 0) is 12.1 Å². The van der Waals surface area contributed by atoms with E-state index in [9.17, 15) is 8.78 Å². The molecule has 0 aliphatic rings. The first kappa shape index (κ1) is 8.93. The van der Waals surface area contributed by atoms with Gasteiger partial charge >= 0.3 is 0 Å². The van der Waals surface area contributed by atoms with E-state index in [0.717, 1.165) is 12.1 Å². The first-order valence-corrected chi connectivity index (χ1v) is 3.43. The zero-order valence-corrected chi connectivity index (χ0v) is 6.26. The minimum atomic E-state index is -0.761. The quantitative estimate of drug-likeness (QED) is 0.749. The zero-order valence-electron chi connectivity index (χ0n) is 6.26. The Morgan fingerprint density at radius 2 is 1.83 bits per heavy atom. The van der Waals surface area contributed by atoms with Gasteiger partial charge in [-0.25, -0.2) is 8.78 Å². The molecule has 1 aromatic carbocycles. The molecule has 1 N–H and O–H groups in total. The van der Waals surface area contributed by atoms with Crippen LogP contribution < -0.4 is 4.74 Å². The van der Waals surface area contributed by atoms with Crippen molar-refractivity contribution in [3.8, 4) is 5.75 Å². The highest BCUT2D eigenvalue weighted by atomic mass is 19.1. The van der Waals surface area contributed by atoms with E-state index in [1.165, 1.54) is 6.07 Å². The van der Waals surface area contributed by atoms with E-state index >= 15 is 0 Å². The molecule has 4 heteroatoms. The SMILES string of the molecule is OCCOc1c(F)cccc1F. The number of benzene rings is 1. The number of aliphatic hydroxyl groups is 1. The van der Waals surface area contributed by atoms with Gasteiger partial charge < -0.3 is 9.84 Å². The fraction of sp³-hybridized carbons (Fsp3) is 0.250. The van der Waals surface area contributed by atoms with Crippen LogP contribution in [-0.4, -0.2) is 18.3 Å². The van der Waals surface area contributed by atoms with Gasteiger partial charge in [0.2, 0.25) is 0 Å². The molecule has 0 atom stereocenters. The summed E-state index contributed by atoms with van der Waals surface area (Å²) in [5.74, 6) is -1.96. The van der Waals surface area contributed by atoms with Crippen LogP contribution in [0.5, 0.6) is 5.75 Å². The van der Waals surface area contributed by atoms with Crippen molar-refractivity contribution in [3.05, 3.63) is 29.8 Å². The summed E-state index contributed by atoms with van der Waals surface area (Å²) in [5, 5.41) is 8.34. The molecule has 66 valence electrons. The molecule has 0 heterocycles. The normalized spacial score (nSPS) is 9.92. The van der Waals surface area contributed by atoms with Gasteiger partial charge in [0, 0.05) is 0 Å². The Balaban J connectivity index is 2.81. The number of rotatable bonds is 3. The number of aliphatic hydroxyl groups excluding tert-OH is 1. The third-order valence-electron chi connectivity index (χ3n) is 1.26. The maximum Gasteiger partial charge on any atom is 0.190 e. The summed E-state index contributed by atoms with van der Waals surface area (Å²) < 4.78 is 30.1. The summed E-state index contributed by atoms with van der Waals surface area (Å²) in [6, 6.07) is 3.43. The zero-order chi connectivity index (χ0) is 8.97. The molecule has 1 rings (SSSR count). The number of hydrogen-bond donors (Lipinski definition) is 1. The predicted molar refractivity (Wildman–Crippen MR) is 38.9 cm³/mol. The van der Waals surface area contributed by atoms with Crippen LogP contribution in [-0.2, 0) is 0 Å². The van der Waals surface area contributed by atoms with E-state index < -0.39 is 17.4 Å². The number of halogens is 2. The van der Waals surface area contributed by atoms with Crippen molar-refractivity contribution in [1.82, 2.24) is 0 Å². The maximum atomic E-state index is 12.7. The second kappa shape index (κ2) is 4.01. The maximum absolute atomic E-state index is 12.7. The van der Waals surface area contributed by atoms with E-state index in [0.29, 0.717) is 0 Å². The smallest absolute Gasteiger partial charge is 0.190 e. The fourth-order valence-corrected chi connectivity index (χ4v) is 0.768. The number of hydrogen-bond acceptors (Lipinski definition) is 2. The van der Waals surface area contributed by atoms with Gasteiger partial charge in [0.05, 0.1) is 6.61 Å². The Morgan fingerprint density at radius 3 is 2.33 bits per heavy atom. The van der Waals surface area contributed by atoms with Gasteiger partial charge in [0.25, 0.3) is 0 Å². The van der Waals surface area contributed by atoms with Gasteiger partial charge in [-0.2, -0.15) is 0 Å². The van der Waals surface area contributed by atoms with E-state index in [4.69, 9.17) is 5.11 Å². The van der Waals surface area contributed by atoms with Crippen LogP contribution in [0, 0.1) is 11.6 Å². The van der Waals surface area contributed by atoms with Crippen molar-refractivity contribution in [2.75, 3.05) is 13.2 Å². The van der Waals surface area contributed by atoms with Gasteiger partial charge in [0.15, 0.2) is 17.4 Å². The number of ether oxygens (including phenoxy) is 1. The third kappa shape index (κ3) is 1.92. The Bertz CT molecular complexity index is 243.